The molecule has 13 heteroatoms. The van der Waals surface area contributed by atoms with Crippen LogP contribution in [0.1, 0.15) is 28.8 Å². The molecule has 2 aromatic carbocycles. The van der Waals surface area contributed by atoms with Gasteiger partial charge >= 0.3 is 0 Å². The highest BCUT2D eigenvalue weighted by Gasteiger charge is 2.30. The van der Waals surface area contributed by atoms with Gasteiger partial charge in [-0.15, -0.1) is 0 Å². The second-order valence-electron chi connectivity index (χ2n) is 8.05. The maximum Gasteiger partial charge on any atom is 0.277 e. The van der Waals surface area contributed by atoms with Gasteiger partial charge in [-0.05, 0) is 77.2 Å². The average Bonchev–Trinajstić information content (AvgIpc) is 3.67. The smallest absolute Gasteiger partial charge is 0.277 e. The van der Waals surface area contributed by atoms with E-state index in [2.05, 4.69) is 20.5 Å². The van der Waals surface area contributed by atoms with Gasteiger partial charge in [0.25, 0.3) is 5.91 Å². The molecule has 0 saturated heterocycles. The molecule has 3 aromatic rings. The lowest BCUT2D eigenvalue weighted by atomic mass is 10.1. The number of pyridine rings is 1. The number of rotatable bonds is 10. The zero-order chi connectivity index (χ0) is 25.9. The normalized spacial score (nSPS) is 13.4. The van der Waals surface area contributed by atoms with Crippen molar-refractivity contribution in [3.05, 3.63) is 80.1 Å². The van der Waals surface area contributed by atoms with Crippen LogP contribution < -0.4 is 15.5 Å². The third-order valence-corrected chi connectivity index (χ3v) is 7.65. The van der Waals surface area contributed by atoms with Crippen LogP contribution in [-0.2, 0) is 21.4 Å². The topological polar surface area (TPSA) is 109 Å². The van der Waals surface area contributed by atoms with E-state index in [1.165, 1.54) is 18.5 Å². The number of aromatic nitrogens is 1. The molecule has 1 saturated carbocycles. The Kier molecular flexibility index (Phi) is 8.40. The van der Waals surface area contributed by atoms with E-state index in [-0.39, 0.29) is 23.9 Å². The lowest BCUT2D eigenvalue weighted by Crippen LogP contribution is -2.28. The first-order chi connectivity index (χ1) is 17.2. The molecule has 0 bridgehead atoms. The van der Waals surface area contributed by atoms with Crippen LogP contribution in [0.5, 0.6) is 0 Å². The number of halogens is 4. The van der Waals surface area contributed by atoms with Crippen molar-refractivity contribution in [2.75, 3.05) is 11.9 Å². The van der Waals surface area contributed by atoms with Crippen LogP contribution in [0.4, 0.5) is 20.2 Å². The number of amides is 1. The van der Waals surface area contributed by atoms with Crippen molar-refractivity contribution < 1.29 is 26.8 Å². The van der Waals surface area contributed by atoms with Crippen LogP contribution in [0.25, 0.3) is 0 Å². The third kappa shape index (κ3) is 6.48. The minimum absolute atomic E-state index is 0.188. The number of hydrogen-bond donors (Lipinski definition) is 3. The van der Waals surface area contributed by atoms with Gasteiger partial charge in [0.1, 0.15) is 4.90 Å². The number of carbonyl (C=O) groups is 1. The Hall–Kier alpha value is -2.39. The SMILES string of the molecule is O=C(NOCC1CC1)c1cc(S(=O)(=O)NCc2cccnc2)c(F)c(F)c1Nc1ccc(I)cc1Cl. The highest BCUT2D eigenvalue weighted by molar-refractivity contribution is 14.1. The number of benzene rings is 2. The van der Waals surface area contributed by atoms with Crippen LogP contribution in [0.3, 0.4) is 0 Å². The second-order valence-corrected chi connectivity index (χ2v) is 11.4. The molecular weight excluding hydrogens is 629 g/mol. The number of anilines is 2. The summed E-state index contributed by atoms with van der Waals surface area (Å²) in [5, 5.41) is 2.80. The van der Waals surface area contributed by atoms with Crippen molar-refractivity contribution in [3.8, 4) is 0 Å². The monoisotopic (exact) mass is 648 g/mol. The molecule has 1 aromatic heterocycles. The zero-order valence-electron chi connectivity index (χ0n) is 18.5. The molecule has 8 nitrogen and oxygen atoms in total. The zero-order valence-corrected chi connectivity index (χ0v) is 22.3. The van der Waals surface area contributed by atoms with E-state index in [0.717, 1.165) is 22.5 Å². The molecular formula is C23H20ClF2IN4O4S. The van der Waals surface area contributed by atoms with E-state index < -0.39 is 43.7 Å². The Morgan fingerprint density at radius 3 is 2.64 bits per heavy atom. The minimum Gasteiger partial charge on any atom is -0.351 e. The predicted molar refractivity (Wildman–Crippen MR) is 138 cm³/mol. The molecule has 36 heavy (non-hydrogen) atoms. The van der Waals surface area contributed by atoms with Gasteiger partial charge in [-0.1, -0.05) is 17.7 Å². The molecule has 1 aliphatic rings. The van der Waals surface area contributed by atoms with Crippen LogP contribution >= 0.6 is 34.2 Å². The molecule has 190 valence electrons. The summed E-state index contributed by atoms with van der Waals surface area (Å²) in [6.45, 7) is 0.0282. The molecule has 0 atom stereocenters. The van der Waals surface area contributed by atoms with Crippen molar-refractivity contribution in [3.63, 3.8) is 0 Å². The maximum atomic E-state index is 15.3. The van der Waals surface area contributed by atoms with Crippen LogP contribution in [0.15, 0.2) is 53.7 Å². The van der Waals surface area contributed by atoms with Gasteiger partial charge in [0.05, 0.1) is 28.6 Å². The number of hydroxylamine groups is 1. The van der Waals surface area contributed by atoms with Crippen molar-refractivity contribution in [1.29, 1.82) is 0 Å². The summed E-state index contributed by atoms with van der Waals surface area (Å²) in [6, 6.07) is 8.74. The molecule has 1 amide bonds. The second kappa shape index (κ2) is 11.3. The molecule has 1 heterocycles. The highest BCUT2D eigenvalue weighted by Crippen LogP contribution is 2.34. The number of hydrogen-bond acceptors (Lipinski definition) is 6. The number of sulfonamides is 1. The van der Waals surface area contributed by atoms with Crippen LogP contribution in [-0.4, -0.2) is 25.9 Å². The van der Waals surface area contributed by atoms with Gasteiger partial charge < -0.3 is 5.32 Å². The lowest BCUT2D eigenvalue weighted by molar-refractivity contribution is 0.0270. The summed E-state index contributed by atoms with van der Waals surface area (Å²) in [7, 11) is -4.56. The van der Waals surface area contributed by atoms with Gasteiger partial charge in [0, 0.05) is 22.5 Å². The molecule has 1 fully saturated rings. The van der Waals surface area contributed by atoms with E-state index in [1.807, 2.05) is 22.6 Å². The fourth-order valence-corrected chi connectivity index (χ4v) is 5.16. The largest absolute Gasteiger partial charge is 0.351 e. The van der Waals surface area contributed by atoms with Crippen LogP contribution in [0, 0.1) is 21.1 Å². The first-order valence-electron chi connectivity index (χ1n) is 10.7. The Balaban J connectivity index is 1.70. The van der Waals surface area contributed by atoms with E-state index in [0.29, 0.717) is 11.5 Å². The minimum atomic E-state index is -4.56. The van der Waals surface area contributed by atoms with Crippen molar-refractivity contribution in [2.45, 2.75) is 24.3 Å². The Labute approximate surface area is 224 Å². The molecule has 4 rings (SSSR count). The van der Waals surface area contributed by atoms with Crippen molar-refractivity contribution >= 4 is 61.5 Å². The molecule has 3 N–H and O–H groups in total. The molecule has 0 spiro atoms. The van der Waals surface area contributed by atoms with Gasteiger partial charge in [0.15, 0.2) is 11.6 Å². The Bertz CT molecular complexity index is 1390. The van der Waals surface area contributed by atoms with Gasteiger partial charge in [-0.3, -0.25) is 14.6 Å². The summed E-state index contributed by atoms with van der Waals surface area (Å²) in [5.41, 5.74) is 1.79. The number of carbonyl (C=O) groups excluding carboxylic acids is 1. The summed E-state index contributed by atoms with van der Waals surface area (Å²) in [6.07, 6.45) is 4.86. The third-order valence-electron chi connectivity index (χ3n) is 5.27. The predicted octanol–water partition coefficient (Wildman–Crippen LogP) is 4.91. The molecule has 0 unspecified atom stereocenters. The fraction of sp³-hybridized carbons (Fsp3) is 0.217. The van der Waals surface area contributed by atoms with E-state index in [4.69, 9.17) is 16.4 Å². The first-order valence-corrected chi connectivity index (χ1v) is 13.6. The molecule has 1 aliphatic carbocycles. The number of nitrogens with zero attached hydrogens (tertiary/aromatic N) is 1. The van der Waals surface area contributed by atoms with Gasteiger partial charge in [0.2, 0.25) is 10.0 Å². The van der Waals surface area contributed by atoms with Crippen molar-refractivity contribution in [1.82, 2.24) is 15.2 Å². The molecule has 0 radical (unpaired) electrons. The maximum absolute atomic E-state index is 15.3. The van der Waals surface area contributed by atoms with Crippen molar-refractivity contribution in [2.24, 2.45) is 5.92 Å². The summed E-state index contributed by atoms with van der Waals surface area (Å²) in [5.74, 6) is -3.87. The summed E-state index contributed by atoms with van der Waals surface area (Å²) >= 11 is 8.24. The fourth-order valence-electron chi connectivity index (χ4n) is 3.15. The van der Waals surface area contributed by atoms with Crippen LogP contribution in [0.2, 0.25) is 5.02 Å². The average molecular weight is 649 g/mol. The van der Waals surface area contributed by atoms with E-state index in [1.54, 1.807) is 24.3 Å². The van der Waals surface area contributed by atoms with Gasteiger partial charge in [-0.2, -0.15) is 0 Å². The Morgan fingerprint density at radius 2 is 1.97 bits per heavy atom. The lowest BCUT2D eigenvalue weighted by Gasteiger charge is -2.17. The quantitative estimate of drug-likeness (QED) is 0.213. The molecule has 0 aliphatic heterocycles. The first kappa shape index (κ1) is 26.7. The highest BCUT2D eigenvalue weighted by atomic mass is 127. The summed E-state index contributed by atoms with van der Waals surface area (Å²) < 4.78 is 59.2. The van der Waals surface area contributed by atoms with Gasteiger partial charge in [-0.25, -0.2) is 27.4 Å². The van der Waals surface area contributed by atoms with E-state index >= 15 is 8.78 Å². The number of nitrogens with one attached hydrogen (secondary N) is 3. The standard InChI is InChI=1S/C23H20ClF2IN4O4S/c24-17-8-15(27)5-6-18(17)30-22-16(23(32)31-35-12-13-3-4-13)9-19(20(25)21(22)26)36(33,34)29-11-14-2-1-7-28-10-14/h1-2,5-10,13,29-30H,3-4,11-12H2,(H,31,32). The Morgan fingerprint density at radius 1 is 1.19 bits per heavy atom. The summed E-state index contributed by atoms with van der Waals surface area (Å²) in [4.78, 5) is 20.9. The van der Waals surface area contributed by atoms with E-state index in [9.17, 15) is 13.2 Å².